The summed E-state index contributed by atoms with van der Waals surface area (Å²) in [4.78, 5) is 8.71. The monoisotopic (exact) mass is 247 g/mol. The van der Waals surface area contributed by atoms with Gasteiger partial charge in [0.1, 0.15) is 0 Å². The van der Waals surface area contributed by atoms with Crippen LogP contribution in [0, 0.1) is 0 Å². The maximum Gasteiger partial charge on any atom is 0.239 e. The molecule has 4 nitrogen and oxygen atoms in total. The first-order valence-electron chi connectivity index (χ1n) is 5.74. The minimum absolute atomic E-state index is 0.143. The normalized spacial score (nSPS) is 17.0. The fourth-order valence-electron chi connectivity index (χ4n) is 1.57. The molecule has 1 aliphatic rings. The van der Waals surface area contributed by atoms with E-state index in [-0.39, 0.29) is 5.25 Å². The van der Waals surface area contributed by atoms with E-state index in [1.165, 1.54) is 12.8 Å². The maximum atomic E-state index is 5.29. The zero-order valence-electron chi connectivity index (χ0n) is 9.54. The Kier molecular flexibility index (Phi) is 2.84. The Labute approximate surface area is 104 Å². The molecule has 2 heterocycles. The first kappa shape index (κ1) is 10.8. The van der Waals surface area contributed by atoms with Crippen molar-refractivity contribution in [2.75, 3.05) is 0 Å². The predicted octanol–water partition coefficient (Wildman–Crippen LogP) is 3.20. The molecule has 2 aromatic heterocycles. The Bertz CT molecular complexity index is 495. The summed E-state index contributed by atoms with van der Waals surface area (Å²) in [5.74, 6) is 2.11. The van der Waals surface area contributed by atoms with Crippen LogP contribution in [0.15, 0.2) is 33.9 Å². The average molecular weight is 247 g/mol. The van der Waals surface area contributed by atoms with Gasteiger partial charge in [-0.2, -0.15) is 4.98 Å². The standard InChI is InChI=1S/C12H13N3OS/c1-8(17-10-4-2-3-7-13-10)12-14-11(15-16-12)9-5-6-9/h2-4,7-9H,5-6H2,1H3/t8-/m0/s1. The lowest BCUT2D eigenvalue weighted by molar-refractivity contribution is 0.375. The molecule has 1 fully saturated rings. The molecule has 2 aromatic rings. The molecular weight excluding hydrogens is 234 g/mol. The number of thioether (sulfide) groups is 1. The SMILES string of the molecule is C[C@H](Sc1ccccn1)c1nc(C2CC2)no1. The first-order valence-corrected chi connectivity index (χ1v) is 6.62. The summed E-state index contributed by atoms with van der Waals surface area (Å²) in [6.45, 7) is 2.06. The predicted molar refractivity (Wildman–Crippen MR) is 64.8 cm³/mol. The van der Waals surface area contributed by atoms with Crippen molar-refractivity contribution < 1.29 is 4.52 Å². The molecule has 1 aliphatic carbocycles. The van der Waals surface area contributed by atoms with Gasteiger partial charge in [0.2, 0.25) is 5.89 Å². The third-order valence-corrected chi connectivity index (χ3v) is 3.72. The van der Waals surface area contributed by atoms with Crippen LogP contribution in [0.3, 0.4) is 0 Å². The van der Waals surface area contributed by atoms with Gasteiger partial charge in [-0.25, -0.2) is 4.98 Å². The van der Waals surface area contributed by atoms with Gasteiger partial charge >= 0.3 is 0 Å². The summed E-state index contributed by atoms with van der Waals surface area (Å²) in [6, 6.07) is 5.87. The van der Waals surface area contributed by atoms with Crippen LogP contribution in [0.1, 0.15) is 42.6 Å². The molecule has 0 N–H and O–H groups in total. The van der Waals surface area contributed by atoms with Gasteiger partial charge in [0, 0.05) is 12.1 Å². The van der Waals surface area contributed by atoms with Crippen molar-refractivity contribution in [1.82, 2.24) is 15.1 Å². The van der Waals surface area contributed by atoms with Crippen LogP contribution in [0.5, 0.6) is 0 Å². The van der Waals surface area contributed by atoms with Crippen LogP contribution < -0.4 is 0 Å². The highest BCUT2D eigenvalue weighted by molar-refractivity contribution is 7.99. The summed E-state index contributed by atoms with van der Waals surface area (Å²) in [5.41, 5.74) is 0. The van der Waals surface area contributed by atoms with Gasteiger partial charge < -0.3 is 4.52 Å². The molecule has 0 saturated heterocycles. The molecule has 0 aliphatic heterocycles. The van der Waals surface area contributed by atoms with Crippen LogP contribution in [0.2, 0.25) is 0 Å². The quantitative estimate of drug-likeness (QED) is 0.776. The smallest absolute Gasteiger partial charge is 0.239 e. The Morgan fingerprint density at radius 1 is 1.41 bits per heavy atom. The molecule has 0 radical (unpaired) electrons. The molecule has 1 atom stereocenters. The minimum Gasteiger partial charge on any atom is -0.338 e. The zero-order valence-corrected chi connectivity index (χ0v) is 10.4. The number of pyridine rings is 1. The first-order chi connectivity index (χ1) is 8.33. The Morgan fingerprint density at radius 3 is 3.00 bits per heavy atom. The van der Waals surface area contributed by atoms with E-state index in [4.69, 9.17) is 4.52 Å². The number of hydrogen-bond donors (Lipinski definition) is 0. The van der Waals surface area contributed by atoms with E-state index < -0.39 is 0 Å². The fraction of sp³-hybridized carbons (Fsp3) is 0.417. The van der Waals surface area contributed by atoms with Crippen molar-refractivity contribution >= 4 is 11.8 Å². The van der Waals surface area contributed by atoms with Gasteiger partial charge in [-0.05, 0) is 31.9 Å². The topological polar surface area (TPSA) is 51.8 Å². The minimum atomic E-state index is 0.143. The van der Waals surface area contributed by atoms with Crippen molar-refractivity contribution in [2.24, 2.45) is 0 Å². The van der Waals surface area contributed by atoms with E-state index in [2.05, 4.69) is 22.0 Å². The molecule has 0 aromatic carbocycles. The summed E-state index contributed by atoms with van der Waals surface area (Å²) < 4.78 is 5.29. The number of aromatic nitrogens is 3. The van der Waals surface area contributed by atoms with E-state index in [1.807, 2.05) is 18.2 Å². The van der Waals surface area contributed by atoms with E-state index in [9.17, 15) is 0 Å². The van der Waals surface area contributed by atoms with E-state index in [0.717, 1.165) is 10.9 Å². The van der Waals surface area contributed by atoms with Crippen molar-refractivity contribution in [2.45, 2.75) is 36.0 Å². The highest BCUT2D eigenvalue weighted by Crippen LogP contribution is 2.39. The summed E-state index contributed by atoms with van der Waals surface area (Å²) in [5, 5.41) is 5.14. The fourth-order valence-corrected chi connectivity index (χ4v) is 2.41. The van der Waals surface area contributed by atoms with E-state index in [0.29, 0.717) is 11.8 Å². The maximum absolute atomic E-state index is 5.29. The molecule has 88 valence electrons. The zero-order chi connectivity index (χ0) is 11.7. The van der Waals surface area contributed by atoms with Crippen LogP contribution >= 0.6 is 11.8 Å². The summed E-state index contributed by atoms with van der Waals surface area (Å²) in [7, 11) is 0. The molecule has 17 heavy (non-hydrogen) atoms. The van der Waals surface area contributed by atoms with Crippen molar-refractivity contribution in [3.05, 3.63) is 36.1 Å². The third-order valence-electron chi connectivity index (χ3n) is 2.68. The highest BCUT2D eigenvalue weighted by atomic mass is 32.2. The molecule has 5 heteroatoms. The Balaban J connectivity index is 1.70. The van der Waals surface area contributed by atoms with Crippen molar-refractivity contribution in [3.63, 3.8) is 0 Å². The van der Waals surface area contributed by atoms with Gasteiger partial charge in [0.05, 0.1) is 10.3 Å². The van der Waals surface area contributed by atoms with Gasteiger partial charge in [-0.3, -0.25) is 0 Å². The molecule has 0 bridgehead atoms. The van der Waals surface area contributed by atoms with Crippen molar-refractivity contribution in [1.29, 1.82) is 0 Å². The molecular formula is C12H13N3OS. The van der Waals surface area contributed by atoms with Gasteiger partial charge in [-0.15, -0.1) is 0 Å². The number of nitrogens with zero attached hydrogens (tertiary/aromatic N) is 3. The lowest BCUT2D eigenvalue weighted by atomic mass is 10.4. The molecule has 0 unspecified atom stereocenters. The summed E-state index contributed by atoms with van der Waals surface area (Å²) in [6.07, 6.45) is 4.18. The average Bonchev–Trinajstić information content (AvgIpc) is 3.08. The molecule has 3 rings (SSSR count). The summed E-state index contributed by atoms with van der Waals surface area (Å²) >= 11 is 1.63. The third kappa shape index (κ3) is 2.49. The molecule has 1 saturated carbocycles. The van der Waals surface area contributed by atoms with Crippen molar-refractivity contribution in [3.8, 4) is 0 Å². The van der Waals surface area contributed by atoms with Crippen LogP contribution in [0.25, 0.3) is 0 Å². The second kappa shape index (κ2) is 4.49. The number of hydrogen-bond acceptors (Lipinski definition) is 5. The molecule has 0 spiro atoms. The lowest BCUT2D eigenvalue weighted by Crippen LogP contribution is -1.90. The lowest BCUT2D eigenvalue weighted by Gasteiger charge is -2.04. The molecule has 0 amide bonds. The van der Waals surface area contributed by atoms with Crippen LogP contribution in [0.4, 0.5) is 0 Å². The largest absolute Gasteiger partial charge is 0.338 e. The second-order valence-corrected chi connectivity index (χ2v) is 5.55. The number of rotatable bonds is 4. The highest BCUT2D eigenvalue weighted by Gasteiger charge is 2.29. The second-order valence-electron chi connectivity index (χ2n) is 4.19. The Hall–Kier alpha value is -1.36. The van der Waals surface area contributed by atoms with E-state index in [1.54, 1.807) is 18.0 Å². The van der Waals surface area contributed by atoms with Gasteiger partial charge in [-0.1, -0.05) is 23.0 Å². The van der Waals surface area contributed by atoms with E-state index >= 15 is 0 Å². The van der Waals surface area contributed by atoms with Gasteiger partial charge in [0.15, 0.2) is 5.82 Å². The Morgan fingerprint density at radius 2 is 2.29 bits per heavy atom. The van der Waals surface area contributed by atoms with Gasteiger partial charge in [0.25, 0.3) is 0 Å². The van der Waals surface area contributed by atoms with Crippen LogP contribution in [-0.2, 0) is 0 Å². The van der Waals surface area contributed by atoms with Crippen LogP contribution in [-0.4, -0.2) is 15.1 Å².